The van der Waals surface area contributed by atoms with Crippen LogP contribution in [0.1, 0.15) is 33.3 Å². The second kappa shape index (κ2) is 5.80. The Bertz CT molecular complexity index is 415. The molecule has 0 amide bonds. The number of benzene rings is 1. The van der Waals surface area contributed by atoms with E-state index in [0.29, 0.717) is 6.42 Å². The summed E-state index contributed by atoms with van der Waals surface area (Å²) in [6.45, 7) is 6.82. The molecule has 0 saturated heterocycles. The highest BCUT2D eigenvalue weighted by Gasteiger charge is 2.28. The van der Waals surface area contributed by atoms with E-state index in [4.69, 9.17) is 4.74 Å². The van der Waals surface area contributed by atoms with Gasteiger partial charge in [0.05, 0.1) is 0 Å². The van der Waals surface area contributed by atoms with Crippen LogP contribution in [0.15, 0.2) is 30.3 Å². The van der Waals surface area contributed by atoms with Gasteiger partial charge in [0.15, 0.2) is 0 Å². The highest BCUT2D eigenvalue weighted by Crippen LogP contribution is 2.16. The van der Waals surface area contributed by atoms with E-state index in [0.717, 1.165) is 5.56 Å². The summed E-state index contributed by atoms with van der Waals surface area (Å²) < 4.78 is 5.27. The van der Waals surface area contributed by atoms with Crippen molar-refractivity contribution >= 4 is 11.8 Å². The van der Waals surface area contributed by atoms with Gasteiger partial charge in [0.1, 0.15) is 17.3 Å². The molecule has 0 radical (unpaired) electrons. The monoisotopic (exact) mass is 248 g/mol. The molecule has 1 aromatic rings. The van der Waals surface area contributed by atoms with Crippen LogP contribution in [0.4, 0.5) is 0 Å². The summed E-state index contributed by atoms with van der Waals surface area (Å²) in [5.41, 5.74) is 0.394. The van der Waals surface area contributed by atoms with Gasteiger partial charge in [0.25, 0.3) is 0 Å². The van der Waals surface area contributed by atoms with Crippen molar-refractivity contribution in [3.63, 3.8) is 0 Å². The van der Waals surface area contributed by atoms with Gasteiger partial charge in [-0.25, -0.2) is 0 Å². The van der Waals surface area contributed by atoms with Crippen molar-refractivity contribution in [3.8, 4) is 0 Å². The summed E-state index contributed by atoms with van der Waals surface area (Å²) in [6.07, 6.45) is 0.394. The number of ketones is 1. The molecule has 0 N–H and O–H groups in total. The predicted molar refractivity (Wildman–Crippen MR) is 70.2 cm³/mol. The van der Waals surface area contributed by atoms with Crippen molar-refractivity contribution in [1.29, 1.82) is 0 Å². The van der Waals surface area contributed by atoms with Gasteiger partial charge < -0.3 is 4.74 Å². The number of ether oxygens (including phenoxy) is 1. The summed E-state index contributed by atoms with van der Waals surface area (Å²) in [4.78, 5) is 23.5. The van der Waals surface area contributed by atoms with Crippen LogP contribution < -0.4 is 0 Å². The molecule has 0 saturated carbocycles. The third-order valence-corrected chi connectivity index (χ3v) is 2.46. The number of carbonyl (C=O) groups is 2. The molecule has 0 aliphatic heterocycles. The van der Waals surface area contributed by atoms with E-state index in [1.807, 2.05) is 30.3 Å². The molecule has 0 aliphatic carbocycles. The molecule has 3 heteroatoms. The molecule has 0 aliphatic rings. The van der Waals surface area contributed by atoms with Crippen LogP contribution in [0, 0.1) is 5.92 Å². The zero-order valence-corrected chi connectivity index (χ0v) is 11.4. The Kier molecular flexibility index (Phi) is 4.65. The Balaban J connectivity index is 2.78. The lowest BCUT2D eigenvalue weighted by Gasteiger charge is -2.22. The Hall–Kier alpha value is -1.64. The van der Waals surface area contributed by atoms with Crippen molar-refractivity contribution in [2.24, 2.45) is 5.92 Å². The number of rotatable bonds is 4. The zero-order valence-electron chi connectivity index (χ0n) is 11.4. The maximum atomic E-state index is 12.0. The van der Waals surface area contributed by atoms with E-state index in [1.165, 1.54) is 6.92 Å². The number of esters is 1. The number of hydrogen-bond acceptors (Lipinski definition) is 3. The van der Waals surface area contributed by atoms with Gasteiger partial charge in [-0.2, -0.15) is 0 Å². The third kappa shape index (κ3) is 4.70. The molecular weight excluding hydrogens is 228 g/mol. The standard InChI is InChI=1S/C15H20O3/c1-11(16)13(14(17)18-15(2,3)4)10-12-8-6-5-7-9-12/h5-9,13H,10H2,1-4H3. The molecule has 98 valence electrons. The maximum Gasteiger partial charge on any atom is 0.317 e. The Morgan fingerprint density at radius 2 is 1.72 bits per heavy atom. The van der Waals surface area contributed by atoms with Crippen LogP contribution in [-0.4, -0.2) is 17.4 Å². The molecular formula is C15H20O3. The highest BCUT2D eigenvalue weighted by molar-refractivity contribution is 5.98. The maximum absolute atomic E-state index is 12.0. The van der Waals surface area contributed by atoms with E-state index >= 15 is 0 Å². The van der Waals surface area contributed by atoms with E-state index in [1.54, 1.807) is 20.8 Å². The lowest BCUT2D eigenvalue weighted by atomic mass is 9.96. The van der Waals surface area contributed by atoms with Crippen LogP contribution in [0.2, 0.25) is 0 Å². The molecule has 18 heavy (non-hydrogen) atoms. The first-order valence-corrected chi connectivity index (χ1v) is 6.07. The van der Waals surface area contributed by atoms with Crippen LogP contribution >= 0.6 is 0 Å². The Labute approximate surface area is 108 Å². The summed E-state index contributed by atoms with van der Waals surface area (Å²) in [5.74, 6) is -1.32. The molecule has 0 aromatic heterocycles. The van der Waals surface area contributed by atoms with Crippen LogP contribution in [0.5, 0.6) is 0 Å². The molecule has 3 nitrogen and oxygen atoms in total. The molecule has 1 atom stereocenters. The molecule has 1 rings (SSSR count). The minimum Gasteiger partial charge on any atom is -0.459 e. The van der Waals surface area contributed by atoms with Crippen molar-refractivity contribution in [1.82, 2.24) is 0 Å². The lowest BCUT2D eigenvalue weighted by Crippen LogP contribution is -2.33. The van der Waals surface area contributed by atoms with Crippen LogP contribution in [0.3, 0.4) is 0 Å². The lowest BCUT2D eigenvalue weighted by molar-refractivity contribution is -0.161. The fourth-order valence-electron chi connectivity index (χ4n) is 1.62. The van der Waals surface area contributed by atoms with E-state index in [-0.39, 0.29) is 5.78 Å². The van der Waals surface area contributed by atoms with Gasteiger partial charge in [-0.15, -0.1) is 0 Å². The Morgan fingerprint density at radius 1 is 1.17 bits per heavy atom. The molecule has 0 heterocycles. The van der Waals surface area contributed by atoms with Gasteiger partial charge in [-0.1, -0.05) is 30.3 Å². The second-order valence-corrected chi connectivity index (χ2v) is 5.39. The number of carbonyl (C=O) groups excluding carboxylic acids is 2. The van der Waals surface area contributed by atoms with Crippen molar-refractivity contribution < 1.29 is 14.3 Å². The fraction of sp³-hybridized carbons (Fsp3) is 0.467. The first-order chi connectivity index (χ1) is 8.29. The smallest absolute Gasteiger partial charge is 0.317 e. The first-order valence-electron chi connectivity index (χ1n) is 6.07. The van der Waals surface area contributed by atoms with Gasteiger partial charge in [0.2, 0.25) is 0 Å². The second-order valence-electron chi connectivity index (χ2n) is 5.39. The number of hydrogen-bond donors (Lipinski definition) is 0. The minimum absolute atomic E-state index is 0.159. The zero-order chi connectivity index (χ0) is 13.8. The summed E-state index contributed by atoms with van der Waals surface area (Å²) >= 11 is 0. The van der Waals surface area contributed by atoms with Crippen LogP contribution in [-0.2, 0) is 20.7 Å². The van der Waals surface area contributed by atoms with Crippen molar-refractivity contribution in [2.75, 3.05) is 0 Å². The SMILES string of the molecule is CC(=O)C(Cc1ccccc1)C(=O)OC(C)(C)C. The first kappa shape index (κ1) is 14.4. The molecule has 0 fully saturated rings. The van der Waals surface area contributed by atoms with Gasteiger partial charge in [0, 0.05) is 0 Å². The normalized spacial score (nSPS) is 12.9. The van der Waals surface area contributed by atoms with E-state index in [2.05, 4.69) is 0 Å². The van der Waals surface area contributed by atoms with Crippen molar-refractivity contribution in [3.05, 3.63) is 35.9 Å². The third-order valence-electron chi connectivity index (χ3n) is 2.46. The quantitative estimate of drug-likeness (QED) is 0.608. The van der Waals surface area contributed by atoms with Crippen LogP contribution in [0.25, 0.3) is 0 Å². The topological polar surface area (TPSA) is 43.4 Å². The highest BCUT2D eigenvalue weighted by atomic mass is 16.6. The van der Waals surface area contributed by atoms with E-state index < -0.39 is 17.5 Å². The molecule has 0 spiro atoms. The molecule has 1 aromatic carbocycles. The Morgan fingerprint density at radius 3 is 2.17 bits per heavy atom. The van der Waals surface area contributed by atoms with Crippen molar-refractivity contribution in [2.45, 2.75) is 39.7 Å². The number of Topliss-reactive ketones (excluding diaryl/α,β-unsaturated/α-hetero) is 1. The average Bonchev–Trinajstić information content (AvgIpc) is 2.24. The van der Waals surface area contributed by atoms with Gasteiger partial charge in [-0.3, -0.25) is 9.59 Å². The summed E-state index contributed by atoms with van der Waals surface area (Å²) in [5, 5.41) is 0. The molecule has 1 unspecified atom stereocenters. The minimum atomic E-state index is -0.716. The van der Waals surface area contributed by atoms with E-state index in [9.17, 15) is 9.59 Å². The largest absolute Gasteiger partial charge is 0.459 e. The summed E-state index contributed by atoms with van der Waals surface area (Å²) in [7, 11) is 0. The fourth-order valence-corrected chi connectivity index (χ4v) is 1.62. The summed E-state index contributed by atoms with van der Waals surface area (Å²) in [6, 6.07) is 9.49. The predicted octanol–water partition coefficient (Wildman–Crippen LogP) is 2.78. The van der Waals surface area contributed by atoms with Gasteiger partial charge >= 0.3 is 5.97 Å². The van der Waals surface area contributed by atoms with Gasteiger partial charge in [-0.05, 0) is 39.7 Å². The average molecular weight is 248 g/mol. The molecule has 0 bridgehead atoms.